The fourth-order valence-corrected chi connectivity index (χ4v) is 1.58. The van der Waals surface area contributed by atoms with Gasteiger partial charge in [-0.25, -0.2) is 9.97 Å². The smallest absolute Gasteiger partial charge is 0.189 e. The van der Waals surface area contributed by atoms with E-state index in [1.54, 1.807) is 11.8 Å². The number of nitriles is 1. The normalized spacial score (nSPS) is 12.1. The number of rotatable bonds is 3. The molecule has 74 valence electrons. The van der Waals surface area contributed by atoms with E-state index in [9.17, 15) is 0 Å². The van der Waals surface area contributed by atoms with Crippen LogP contribution in [0.4, 0.5) is 5.82 Å². The lowest BCUT2D eigenvalue weighted by molar-refractivity contribution is 0.885. The maximum Gasteiger partial charge on any atom is 0.189 e. The predicted molar refractivity (Wildman–Crippen MR) is 56.8 cm³/mol. The van der Waals surface area contributed by atoms with Gasteiger partial charge in [0.2, 0.25) is 0 Å². The minimum absolute atomic E-state index is 0.258. The van der Waals surface area contributed by atoms with Gasteiger partial charge in [-0.2, -0.15) is 5.26 Å². The molecule has 1 heterocycles. The van der Waals surface area contributed by atoms with Crippen molar-refractivity contribution in [2.45, 2.75) is 30.7 Å². The second kappa shape index (κ2) is 4.82. The molecule has 2 N–H and O–H groups in total. The van der Waals surface area contributed by atoms with E-state index in [4.69, 9.17) is 11.0 Å². The van der Waals surface area contributed by atoms with E-state index < -0.39 is 0 Å². The van der Waals surface area contributed by atoms with Crippen molar-refractivity contribution >= 4 is 17.6 Å². The highest BCUT2D eigenvalue weighted by Crippen LogP contribution is 2.22. The fourth-order valence-electron chi connectivity index (χ4n) is 0.784. The Bertz CT molecular complexity index is 358. The second-order valence-electron chi connectivity index (χ2n) is 2.90. The number of nitrogens with two attached hydrogens (primary N) is 1. The Labute approximate surface area is 87.6 Å². The van der Waals surface area contributed by atoms with Gasteiger partial charge in [-0.15, -0.1) is 0 Å². The van der Waals surface area contributed by atoms with Crippen LogP contribution in [0.3, 0.4) is 0 Å². The lowest BCUT2D eigenvalue weighted by Gasteiger charge is -2.06. The fraction of sp³-hybridized carbons (Fsp3) is 0.444. The molecule has 0 saturated carbocycles. The molecular weight excluding hydrogens is 196 g/mol. The minimum Gasteiger partial charge on any atom is -0.382 e. The summed E-state index contributed by atoms with van der Waals surface area (Å²) in [6.07, 6.45) is 2.51. The SMILES string of the molecule is CC[C@H](C)Sc1ncc(C#N)c(N)n1. The highest BCUT2D eigenvalue weighted by Gasteiger charge is 2.07. The third-order valence-corrected chi connectivity index (χ3v) is 2.94. The van der Waals surface area contributed by atoms with Crippen molar-refractivity contribution in [3.05, 3.63) is 11.8 Å². The molecule has 5 heteroatoms. The first-order chi connectivity index (χ1) is 6.67. The molecule has 0 fully saturated rings. The zero-order valence-electron chi connectivity index (χ0n) is 8.19. The van der Waals surface area contributed by atoms with E-state index in [2.05, 4.69) is 23.8 Å². The maximum atomic E-state index is 8.62. The summed E-state index contributed by atoms with van der Waals surface area (Å²) < 4.78 is 0. The van der Waals surface area contributed by atoms with Crippen molar-refractivity contribution in [2.24, 2.45) is 0 Å². The van der Waals surface area contributed by atoms with Crippen molar-refractivity contribution in [1.82, 2.24) is 9.97 Å². The van der Waals surface area contributed by atoms with E-state index >= 15 is 0 Å². The number of nitrogen functional groups attached to an aromatic ring is 1. The van der Waals surface area contributed by atoms with Gasteiger partial charge in [0.25, 0.3) is 0 Å². The van der Waals surface area contributed by atoms with Gasteiger partial charge in [0.05, 0.1) is 6.20 Å². The molecule has 0 unspecified atom stereocenters. The first-order valence-corrected chi connectivity index (χ1v) is 5.24. The van der Waals surface area contributed by atoms with Crippen LogP contribution in [0.25, 0.3) is 0 Å². The number of hydrogen-bond donors (Lipinski definition) is 1. The van der Waals surface area contributed by atoms with Gasteiger partial charge in [0, 0.05) is 5.25 Å². The van der Waals surface area contributed by atoms with Crippen molar-refractivity contribution in [1.29, 1.82) is 5.26 Å². The quantitative estimate of drug-likeness (QED) is 0.605. The van der Waals surface area contributed by atoms with Gasteiger partial charge >= 0.3 is 0 Å². The summed E-state index contributed by atoms with van der Waals surface area (Å²) in [4.78, 5) is 8.09. The summed E-state index contributed by atoms with van der Waals surface area (Å²) in [5.74, 6) is 0.258. The summed E-state index contributed by atoms with van der Waals surface area (Å²) >= 11 is 1.57. The Morgan fingerprint density at radius 2 is 2.43 bits per heavy atom. The van der Waals surface area contributed by atoms with Crippen LogP contribution in [-0.2, 0) is 0 Å². The number of anilines is 1. The number of hydrogen-bond acceptors (Lipinski definition) is 5. The van der Waals surface area contributed by atoms with E-state index in [-0.39, 0.29) is 5.82 Å². The van der Waals surface area contributed by atoms with Crippen LogP contribution in [0.2, 0.25) is 0 Å². The molecule has 0 radical (unpaired) electrons. The van der Waals surface area contributed by atoms with Crippen LogP contribution in [0, 0.1) is 11.3 Å². The zero-order chi connectivity index (χ0) is 10.6. The Morgan fingerprint density at radius 1 is 1.71 bits per heavy atom. The molecule has 0 aromatic carbocycles. The average Bonchev–Trinajstić information content (AvgIpc) is 2.18. The van der Waals surface area contributed by atoms with E-state index in [1.807, 2.05) is 6.07 Å². The van der Waals surface area contributed by atoms with Crippen molar-refractivity contribution in [2.75, 3.05) is 5.73 Å². The molecule has 0 aliphatic rings. The Kier molecular flexibility index (Phi) is 3.72. The molecule has 1 atom stereocenters. The monoisotopic (exact) mass is 208 g/mol. The average molecular weight is 208 g/mol. The van der Waals surface area contributed by atoms with Crippen LogP contribution < -0.4 is 5.73 Å². The molecule has 0 aliphatic carbocycles. The molecule has 0 amide bonds. The lowest BCUT2D eigenvalue weighted by atomic mass is 10.3. The summed E-state index contributed by atoms with van der Waals surface area (Å²) in [7, 11) is 0. The largest absolute Gasteiger partial charge is 0.382 e. The molecule has 0 bridgehead atoms. The minimum atomic E-state index is 0.258. The van der Waals surface area contributed by atoms with Crippen LogP contribution in [-0.4, -0.2) is 15.2 Å². The number of nitrogens with zero attached hydrogens (tertiary/aromatic N) is 3. The Balaban J connectivity index is 2.82. The van der Waals surface area contributed by atoms with Crippen molar-refractivity contribution in [3.63, 3.8) is 0 Å². The van der Waals surface area contributed by atoms with E-state index in [0.717, 1.165) is 6.42 Å². The Hall–Kier alpha value is -1.28. The van der Waals surface area contributed by atoms with Gasteiger partial charge in [-0.3, -0.25) is 0 Å². The molecule has 0 spiro atoms. The molecular formula is C9H12N4S. The third kappa shape index (κ3) is 2.60. The predicted octanol–water partition coefficient (Wildman–Crippen LogP) is 1.82. The third-order valence-electron chi connectivity index (χ3n) is 1.80. The summed E-state index contributed by atoms with van der Waals surface area (Å²) in [5.41, 5.74) is 5.89. The standard InChI is InChI=1S/C9H12N4S/c1-3-6(2)14-9-12-5-7(4-10)8(11)13-9/h5-6H,3H2,1-2H3,(H2,11,12,13)/t6-/m0/s1. The summed E-state index contributed by atoms with van der Waals surface area (Å²) in [6.45, 7) is 4.20. The maximum absolute atomic E-state index is 8.62. The Morgan fingerprint density at radius 3 is 2.93 bits per heavy atom. The molecule has 1 aromatic rings. The van der Waals surface area contributed by atoms with Crippen LogP contribution >= 0.6 is 11.8 Å². The van der Waals surface area contributed by atoms with Crippen LogP contribution in [0.5, 0.6) is 0 Å². The topological polar surface area (TPSA) is 75.6 Å². The van der Waals surface area contributed by atoms with Crippen LogP contribution in [0.15, 0.2) is 11.4 Å². The van der Waals surface area contributed by atoms with E-state index in [0.29, 0.717) is 16.0 Å². The van der Waals surface area contributed by atoms with Crippen molar-refractivity contribution < 1.29 is 0 Å². The lowest BCUT2D eigenvalue weighted by Crippen LogP contribution is -2.01. The molecule has 1 rings (SSSR count). The van der Waals surface area contributed by atoms with E-state index in [1.165, 1.54) is 6.20 Å². The van der Waals surface area contributed by atoms with Crippen LogP contribution in [0.1, 0.15) is 25.8 Å². The first-order valence-electron chi connectivity index (χ1n) is 4.36. The molecule has 0 saturated heterocycles. The molecule has 14 heavy (non-hydrogen) atoms. The highest BCUT2D eigenvalue weighted by atomic mass is 32.2. The molecule has 0 aliphatic heterocycles. The number of thioether (sulfide) groups is 1. The van der Waals surface area contributed by atoms with Gasteiger partial charge < -0.3 is 5.73 Å². The number of aromatic nitrogens is 2. The van der Waals surface area contributed by atoms with Gasteiger partial charge in [0.1, 0.15) is 17.5 Å². The summed E-state index contributed by atoms with van der Waals surface area (Å²) in [6, 6.07) is 1.93. The zero-order valence-corrected chi connectivity index (χ0v) is 9.01. The van der Waals surface area contributed by atoms with Crippen molar-refractivity contribution in [3.8, 4) is 6.07 Å². The van der Waals surface area contributed by atoms with Gasteiger partial charge in [-0.05, 0) is 6.42 Å². The second-order valence-corrected chi connectivity index (χ2v) is 4.31. The summed E-state index contributed by atoms with van der Waals surface area (Å²) in [5, 5.41) is 9.72. The van der Waals surface area contributed by atoms with Gasteiger partial charge in [0.15, 0.2) is 5.16 Å². The molecule has 4 nitrogen and oxygen atoms in total. The highest BCUT2D eigenvalue weighted by molar-refractivity contribution is 7.99. The first kappa shape index (κ1) is 10.8. The molecule has 1 aromatic heterocycles. The van der Waals surface area contributed by atoms with Gasteiger partial charge in [-0.1, -0.05) is 25.6 Å².